The molecule has 2 rings (SSSR count). The Morgan fingerprint density at radius 3 is 2.82 bits per heavy atom. The SMILES string of the molecule is NC(Cc1cccc(Cl)c1)CC1CCOCC1. The van der Waals surface area contributed by atoms with Crippen LogP contribution in [0.3, 0.4) is 0 Å². The third kappa shape index (κ3) is 4.30. The van der Waals surface area contributed by atoms with Gasteiger partial charge in [0.05, 0.1) is 0 Å². The Labute approximate surface area is 108 Å². The van der Waals surface area contributed by atoms with Crippen LogP contribution in [0.25, 0.3) is 0 Å². The number of rotatable bonds is 4. The molecule has 1 heterocycles. The van der Waals surface area contributed by atoms with Gasteiger partial charge in [-0.1, -0.05) is 23.7 Å². The molecule has 0 aliphatic carbocycles. The summed E-state index contributed by atoms with van der Waals surface area (Å²) in [4.78, 5) is 0. The molecule has 17 heavy (non-hydrogen) atoms. The third-order valence-electron chi connectivity index (χ3n) is 3.36. The van der Waals surface area contributed by atoms with Gasteiger partial charge in [-0.25, -0.2) is 0 Å². The van der Waals surface area contributed by atoms with Crippen molar-refractivity contribution in [1.82, 2.24) is 0 Å². The van der Waals surface area contributed by atoms with Crippen molar-refractivity contribution < 1.29 is 4.74 Å². The molecule has 1 saturated heterocycles. The monoisotopic (exact) mass is 253 g/mol. The highest BCUT2D eigenvalue weighted by molar-refractivity contribution is 6.30. The first-order valence-corrected chi connectivity index (χ1v) is 6.69. The highest BCUT2D eigenvalue weighted by Crippen LogP contribution is 2.21. The maximum absolute atomic E-state index is 6.20. The maximum Gasteiger partial charge on any atom is 0.0468 e. The van der Waals surface area contributed by atoms with Crippen molar-refractivity contribution in [2.45, 2.75) is 31.7 Å². The van der Waals surface area contributed by atoms with Gasteiger partial charge in [0.25, 0.3) is 0 Å². The van der Waals surface area contributed by atoms with Gasteiger partial charge in [-0.3, -0.25) is 0 Å². The Bertz CT molecular complexity index is 350. The van der Waals surface area contributed by atoms with Crippen molar-refractivity contribution in [3.8, 4) is 0 Å². The third-order valence-corrected chi connectivity index (χ3v) is 3.60. The molecule has 0 amide bonds. The first-order valence-electron chi connectivity index (χ1n) is 6.32. The lowest BCUT2D eigenvalue weighted by Gasteiger charge is -2.24. The average molecular weight is 254 g/mol. The Balaban J connectivity index is 1.82. The van der Waals surface area contributed by atoms with Gasteiger partial charge in [0.15, 0.2) is 0 Å². The second-order valence-electron chi connectivity index (χ2n) is 4.89. The molecular weight excluding hydrogens is 234 g/mol. The van der Waals surface area contributed by atoms with Crippen molar-refractivity contribution in [1.29, 1.82) is 0 Å². The largest absolute Gasteiger partial charge is 0.381 e. The number of benzene rings is 1. The summed E-state index contributed by atoms with van der Waals surface area (Å²) >= 11 is 5.96. The molecule has 1 aromatic carbocycles. The van der Waals surface area contributed by atoms with E-state index in [1.54, 1.807) is 0 Å². The van der Waals surface area contributed by atoms with Gasteiger partial charge in [-0.05, 0) is 49.3 Å². The van der Waals surface area contributed by atoms with Gasteiger partial charge in [0.2, 0.25) is 0 Å². The van der Waals surface area contributed by atoms with Gasteiger partial charge in [-0.2, -0.15) is 0 Å². The van der Waals surface area contributed by atoms with E-state index < -0.39 is 0 Å². The van der Waals surface area contributed by atoms with Crippen LogP contribution in [-0.2, 0) is 11.2 Å². The van der Waals surface area contributed by atoms with Crippen molar-refractivity contribution >= 4 is 11.6 Å². The Kier molecular flexibility index (Phi) is 4.84. The molecule has 1 aliphatic heterocycles. The van der Waals surface area contributed by atoms with Crippen LogP contribution in [0.1, 0.15) is 24.8 Å². The van der Waals surface area contributed by atoms with Gasteiger partial charge in [0, 0.05) is 24.3 Å². The minimum Gasteiger partial charge on any atom is -0.381 e. The lowest BCUT2D eigenvalue weighted by molar-refractivity contribution is 0.0619. The highest BCUT2D eigenvalue weighted by atomic mass is 35.5. The summed E-state index contributed by atoms with van der Waals surface area (Å²) in [6, 6.07) is 8.21. The molecule has 2 nitrogen and oxygen atoms in total. The van der Waals surface area contributed by atoms with E-state index >= 15 is 0 Å². The van der Waals surface area contributed by atoms with Gasteiger partial charge in [-0.15, -0.1) is 0 Å². The first-order chi connectivity index (χ1) is 8.24. The van der Waals surface area contributed by atoms with E-state index in [2.05, 4.69) is 6.07 Å². The maximum atomic E-state index is 6.20. The van der Waals surface area contributed by atoms with Crippen LogP contribution in [0.5, 0.6) is 0 Å². The van der Waals surface area contributed by atoms with Crippen LogP contribution in [0.4, 0.5) is 0 Å². The number of nitrogens with two attached hydrogens (primary N) is 1. The molecule has 1 aromatic rings. The van der Waals surface area contributed by atoms with Crippen molar-refractivity contribution in [3.05, 3.63) is 34.9 Å². The smallest absolute Gasteiger partial charge is 0.0468 e. The second-order valence-corrected chi connectivity index (χ2v) is 5.32. The summed E-state index contributed by atoms with van der Waals surface area (Å²) in [5.41, 5.74) is 7.44. The standard InChI is InChI=1S/C14H20ClNO/c15-13-3-1-2-12(8-13)10-14(16)9-11-4-6-17-7-5-11/h1-3,8,11,14H,4-7,9-10,16H2. The summed E-state index contributed by atoms with van der Waals surface area (Å²) in [5.74, 6) is 0.734. The fourth-order valence-corrected chi connectivity index (χ4v) is 2.67. The molecule has 2 N–H and O–H groups in total. The fraction of sp³-hybridized carbons (Fsp3) is 0.571. The van der Waals surface area contributed by atoms with Crippen LogP contribution in [0, 0.1) is 5.92 Å². The predicted molar refractivity (Wildman–Crippen MR) is 71.3 cm³/mol. The Hall–Kier alpha value is -0.570. The highest BCUT2D eigenvalue weighted by Gasteiger charge is 2.17. The summed E-state index contributed by atoms with van der Waals surface area (Å²) < 4.78 is 5.36. The second kappa shape index (κ2) is 6.39. The van der Waals surface area contributed by atoms with Crippen molar-refractivity contribution in [2.24, 2.45) is 11.7 Å². The molecule has 3 heteroatoms. The van der Waals surface area contributed by atoms with Crippen LogP contribution >= 0.6 is 11.6 Å². The first kappa shape index (κ1) is 12.9. The molecule has 1 unspecified atom stereocenters. The van der Waals surface area contributed by atoms with Crippen molar-refractivity contribution in [2.75, 3.05) is 13.2 Å². The molecule has 1 fully saturated rings. The molecule has 1 atom stereocenters. The molecule has 0 radical (unpaired) electrons. The summed E-state index contributed by atoms with van der Waals surface area (Å²) in [7, 11) is 0. The molecule has 0 aromatic heterocycles. The van der Waals surface area contributed by atoms with Crippen molar-refractivity contribution in [3.63, 3.8) is 0 Å². The Morgan fingerprint density at radius 2 is 2.12 bits per heavy atom. The van der Waals surface area contributed by atoms with E-state index in [9.17, 15) is 0 Å². The van der Waals surface area contributed by atoms with Gasteiger partial charge >= 0.3 is 0 Å². The quantitative estimate of drug-likeness (QED) is 0.895. The predicted octanol–water partition coefficient (Wildman–Crippen LogP) is 3.03. The van der Waals surface area contributed by atoms with Crippen LogP contribution in [0.2, 0.25) is 5.02 Å². The molecule has 0 bridgehead atoms. The summed E-state index contributed by atoms with van der Waals surface area (Å²) in [6.07, 6.45) is 4.32. The van der Waals surface area contributed by atoms with E-state index in [0.717, 1.165) is 49.8 Å². The van der Waals surface area contributed by atoms with E-state index in [1.807, 2.05) is 18.2 Å². The van der Waals surface area contributed by atoms with Gasteiger partial charge < -0.3 is 10.5 Å². The minimum atomic E-state index is 0.233. The van der Waals surface area contributed by atoms with Crippen LogP contribution < -0.4 is 5.73 Å². The normalized spacial score (nSPS) is 19.2. The lowest BCUT2D eigenvalue weighted by Crippen LogP contribution is -2.28. The Morgan fingerprint density at radius 1 is 1.35 bits per heavy atom. The average Bonchev–Trinajstić information content (AvgIpc) is 2.30. The van der Waals surface area contributed by atoms with E-state index in [-0.39, 0.29) is 6.04 Å². The summed E-state index contributed by atoms with van der Waals surface area (Å²) in [6.45, 7) is 1.79. The van der Waals surface area contributed by atoms with Gasteiger partial charge in [0.1, 0.15) is 0 Å². The molecule has 94 valence electrons. The molecule has 0 saturated carbocycles. The van der Waals surface area contributed by atoms with Crippen LogP contribution in [-0.4, -0.2) is 19.3 Å². The zero-order valence-corrected chi connectivity index (χ0v) is 10.8. The molecular formula is C14H20ClNO. The number of halogens is 1. The number of hydrogen-bond donors (Lipinski definition) is 1. The van der Waals surface area contributed by atoms with E-state index in [0.29, 0.717) is 0 Å². The summed E-state index contributed by atoms with van der Waals surface area (Å²) in [5, 5.41) is 0.792. The van der Waals surface area contributed by atoms with Crippen LogP contribution in [0.15, 0.2) is 24.3 Å². The number of ether oxygens (including phenoxy) is 1. The topological polar surface area (TPSA) is 35.2 Å². The molecule has 1 aliphatic rings. The minimum absolute atomic E-state index is 0.233. The lowest BCUT2D eigenvalue weighted by atomic mass is 9.90. The zero-order chi connectivity index (χ0) is 12.1. The fourth-order valence-electron chi connectivity index (χ4n) is 2.46. The van der Waals surface area contributed by atoms with E-state index in [4.69, 9.17) is 22.1 Å². The molecule has 0 spiro atoms. The zero-order valence-electron chi connectivity index (χ0n) is 10.1. The van der Waals surface area contributed by atoms with E-state index in [1.165, 1.54) is 5.56 Å². The number of hydrogen-bond acceptors (Lipinski definition) is 2.